The molecule has 0 aliphatic carbocycles. The van der Waals surface area contributed by atoms with Crippen LogP contribution in [0.15, 0.2) is 24.3 Å². The van der Waals surface area contributed by atoms with Crippen molar-refractivity contribution in [3.05, 3.63) is 24.3 Å². The Morgan fingerprint density at radius 2 is 2.08 bits per heavy atom. The van der Waals surface area contributed by atoms with E-state index in [1.54, 1.807) is 31.3 Å². The third kappa shape index (κ3) is 5.73. The van der Waals surface area contributed by atoms with E-state index in [4.69, 9.17) is 9.47 Å². The van der Waals surface area contributed by atoms with Crippen LogP contribution >= 0.6 is 0 Å². The van der Waals surface area contributed by atoms with Crippen LogP contribution in [-0.4, -0.2) is 44.3 Å². The summed E-state index contributed by atoms with van der Waals surface area (Å²) in [6.45, 7) is 3.02. The van der Waals surface area contributed by atoms with E-state index in [1.165, 1.54) is 0 Å². The average Bonchev–Trinajstić information content (AvgIpc) is 3.11. The fourth-order valence-electron chi connectivity index (χ4n) is 2.48. The summed E-state index contributed by atoms with van der Waals surface area (Å²) in [5.74, 6) is 0.586. The lowest BCUT2D eigenvalue weighted by molar-refractivity contribution is -0.121. The van der Waals surface area contributed by atoms with Crippen molar-refractivity contribution in [3.63, 3.8) is 0 Å². The minimum absolute atomic E-state index is 0.0279. The van der Waals surface area contributed by atoms with Crippen LogP contribution in [0.4, 0.5) is 10.5 Å². The first-order valence-electron chi connectivity index (χ1n) is 8.21. The molecule has 1 heterocycles. The Morgan fingerprint density at radius 1 is 1.33 bits per heavy atom. The maximum atomic E-state index is 12.0. The van der Waals surface area contributed by atoms with Gasteiger partial charge in [0.1, 0.15) is 5.75 Å². The molecule has 7 nitrogen and oxygen atoms in total. The van der Waals surface area contributed by atoms with Gasteiger partial charge in [0.25, 0.3) is 0 Å². The van der Waals surface area contributed by atoms with E-state index in [-0.39, 0.29) is 24.1 Å². The summed E-state index contributed by atoms with van der Waals surface area (Å²) in [4.78, 5) is 23.1. The van der Waals surface area contributed by atoms with Gasteiger partial charge in [-0.25, -0.2) is 4.79 Å². The van der Waals surface area contributed by atoms with Crippen molar-refractivity contribution in [3.8, 4) is 5.75 Å². The molecule has 24 heavy (non-hydrogen) atoms. The monoisotopic (exact) mass is 335 g/mol. The van der Waals surface area contributed by atoms with E-state index in [0.29, 0.717) is 24.5 Å². The number of amides is 3. The summed E-state index contributed by atoms with van der Waals surface area (Å²) in [6.07, 6.45) is 2.41. The highest BCUT2D eigenvalue weighted by Crippen LogP contribution is 2.17. The fourth-order valence-corrected chi connectivity index (χ4v) is 2.48. The Balaban J connectivity index is 1.74. The molecule has 1 aromatic carbocycles. The molecule has 1 aliphatic heterocycles. The second kappa shape index (κ2) is 9.12. The van der Waals surface area contributed by atoms with Crippen molar-refractivity contribution < 1.29 is 19.1 Å². The highest BCUT2D eigenvalue weighted by Gasteiger charge is 2.23. The van der Waals surface area contributed by atoms with E-state index in [2.05, 4.69) is 16.0 Å². The predicted octanol–water partition coefficient (Wildman–Crippen LogP) is 1.89. The molecule has 0 saturated carbocycles. The zero-order chi connectivity index (χ0) is 17.4. The van der Waals surface area contributed by atoms with Gasteiger partial charge in [0.05, 0.1) is 25.2 Å². The minimum atomic E-state index is -0.258. The lowest BCUT2D eigenvalue weighted by Gasteiger charge is -2.20. The fraction of sp³-hybridized carbons (Fsp3) is 0.529. The molecule has 1 aromatic rings. The van der Waals surface area contributed by atoms with Gasteiger partial charge in [0.2, 0.25) is 5.91 Å². The van der Waals surface area contributed by atoms with Crippen molar-refractivity contribution in [1.29, 1.82) is 0 Å². The minimum Gasteiger partial charge on any atom is -0.493 e. The van der Waals surface area contributed by atoms with Gasteiger partial charge in [-0.1, -0.05) is 0 Å². The normalized spacial score (nSPS) is 17.8. The summed E-state index contributed by atoms with van der Waals surface area (Å²) >= 11 is 0. The molecule has 3 amide bonds. The molecule has 7 heteroatoms. The number of carbonyl (C=O) groups is 2. The zero-order valence-corrected chi connectivity index (χ0v) is 14.1. The van der Waals surface area contributed by atoms with Crippen LogP contribution in [0.5, 0.6) is 5.75 Å². The Hall–Kier alpha value is -2.28. The van der Waals surface area contributed by atoms with Gasteiger partial charge >= 0.3 is 6.03 Å². The second-order valence-electron chi connectivity index (χ2n) is 5.73. The lowest BCUT2D eigenvalue weighted by atomic mass is 10.1. The summed E-state index contributed by atoms with van der Waals surface area (Å²) in [7, 11) is 1.59. The molecule has 0 bridgehead atoms. The van der Waals surface area contributed by atoms with Crippen molar-refractivity contribution in [2.45, 2.75) is 38.3 Å². The van der Waals surface area contributed by atoms with Gasteiger partial charge in [0, 0.05) is 19.3 Å². The number of nitrogens with one attached hydrogen (secondary N) is 3. The van der Waals surface area contributed by atoms with Crippen LogP contribution in [0, 0.1) is 0 Å². The predicted molar refractivity (Wildman–Crippen MR) is 91.2 cm³/mol. The molecule has 0 radical (unpaired) electrons. The summed E-state index contributed by atoms with van der Waals surface area (Å²) in [6, 6.07) is 6.73. The van der Waals surface area contributed by atoms with Crippen LogP contribution in [0.3, 0.4) is 0 Å². The largest absolute Gasteiger partial charge is 0.493 e. The van der Waals surface area contributed by atoms with E-state index in [9.17, 15) is 9.59 Å². The SMILES string of the molecule is CNC(=O)CCOc1ccc(NC(=O)N[C@@H](C)[C@H]2CCCO2)cc1. The van der Waals surface area contributed by atoms with Gasteiger partial charge in [-0.05, 0) is 44.0 Å². The number of ether oxygens (including phenoxy) is 2. The molecule has 3 N–H and O–H groups in total. The van der Waals surface area contributed by atoms with Crippen molar-refractivity contribution in [2.24, 2.45) is 0 Å². The van der Waals surface area contributed by atoms with Crippen molar-refractivity contribution >= 4 is 17.6 Å². The Labute approximate surface area is 142 Å². The maximum absolute atomic E-state index is 12.0. The van der Waals surface area contributed by atoms with Gasteiger partial charge in [-0.2, -0.15) is 0 Å². The number of anilines is 1. The first-order chi connectivity index (χ1) is 11.6. The highest BCUT2D eigenvalue weighted by molar-refractivity contribution is 5.89. The van der Waals surface area contributed by atoms with Crippen molar-refractivity contribution in [1.82, 2.24) is 10.6 Å². The third-order valence-corrected chi connectivity index (χ3v) is 3.87. The lowest BCUT2D eigenvalue weighted by Crippen LogP contribution is -2.42. The number of carbonyl (C=O) groups excluding carboxylic acids is 2. The van der Waals surface area contributed by atoms with Crippen LogP contribution in [0.1, 0.15) is 26.2 Å². The standard InChI is InChI=1S/C17H25N3O4/c1-12(15-4-3-10-24-15)19-17(22)20-13-5-7-14(8-6-13)23-11-9-16(21)18-2/h5-8,12,15H,3-4,9-11H2,1-2H3,(H,18,21)(H2,19,20,22)/t12-,15+/m0/s1. The van der Waals surface area contributed by atoms with Crippen molar-refractivity contribution in [2.75, 3.05) is 25.6 Å². The van der Waals surface area contributed by atoms with E-state index in [1.807, 2.05) is 6.92 Å². The van der Waals surface area contributed by atoms with Gasteiger partial charge in [-0.15, -0.1) is 0 Å². The molecule has 1 saturated heterocycles. The molecular formula is C17H25N3O4. The molecule has 2 rings (SSSR count). The quantitative estimate of drug-likeness (QED) is 0.710. The van der Waals surface area contributed by atoms with Crippen LogP contribution < -0.4 is 20.7 Å². The van der Waals surface area contributed by atoms with Crippen LogP contribution in [-0.2, 0) is 9.53 Å². The number of rotatable bonds is 7. The Kier molecular flexibility index (Phi) is 6.87. The topological polar surface area (TPSA) is 88.7 Å². The summed E-state index contributed by atoms with van der Waals surface area (Å²) in [5, 5.41) is 8.20. The number of benzene rings is 1. The molecular weight excluding hydrogens is 310 g/mol. The highest BCUT2D eigenvalue weighted by atomic mass is 16.5. The average molecular weight is 335 g/mol. The Morgan fingerprint density at radius 3 is 2.71 bits per heavy atom. The van der Waals surface area contributed by atoms with Gasteiger partial charge in [-0.3, -0.25) is 4.79 Å². The molecule has 132 valence electrons. The van der Waals surface area contributed by atoms with E-state index < -0.39 is 0 Å². The molecule has 0 unspecified atom stereocenters. The first-order valence-corrected chi connectivity index (χ1v) is 8.21. The van der Waals surface area contributed by atoms with E-state index >= 15 is 0 Å². The first kappa shape index (κ1) is 18.1. The molecule has 2 atom stereocenters. The second-order valence-corrected chi connectivity index (χ2v) is 5.73. The smallest absolute Gasteiger partial charge is 0.319 e. The number of urea groups is 1. The van der Waals surface area contributed by atoms with Gasteiger partial charge in [0.15, 0.2) is 0 Å². The van der Waals surface area contributed by atoms with Crippen LogP contribution in [0.25, 0.3) is 0 Å². The summed E-state index contributed by atoms with van der Waals surface area (Å²) < 4.78 is 11.0. The maximum Gasteiger partial charge on any atom is 0.319 e. The van der Waals surface area contributed by atoms with Crippen LogP contribution in [0.2, 0.25) is 0 Å². The molecule has 0 aromatic heterocycles. The number of hydrogen-bond donors (Lipinski definition) is 3. The molecule has 1 fully saturated rings. The van der Waals surface area contributed by atoms with E-state index in [0.717, 1.165) is 19.4 Å². The summed E-state index contributed by atoms with van der Waals surface area (Å²) in [5.41, 5.74) is 0.672. The number of hydrogen-bond acceptors (Lipinski definition) is 4. The van der Waals surface area contributed by atoms with Gasteiger partial charge < -0.3 is 25.4 Å². The molecule has 1 aliphatic rings. The third-order valence-electron chi connectivity index (χ3n) is 3.87. The Bertz CT molecular complexity index is 541. The zero-order valence-electron chi connectivity index (χ0n) is 14.1. The molecule has 0 spiro atoms.